The molecule has 0 saturated heterocycles. The van der Waals surface area contributed by atoms with Crippen LogP contribution in [0.3, 0.4) is 0 Å². The maximum Gasteiger partial charge on any atom is 0.490 e. The summed E-state index contributed by atoms with van der Waals surface area (Å²) in [5, 5.41) is 14.1. The first kappa shape index (κ1) is 22.0. The number of pyridine rings is 1. The molecule has 10 heteroatoms. The van der Waals surface area contributed by atoms with Gasteiger partial charge < -0.3 is 20.7 Å². The van der Waals surface area contributed by atoms with Gasteiger partial charge in [0.25, 0.3) is 5.91 Å². The van der Waals surface area contributed by atoms with E-state index in [1.807, 2.05) is 24.3 Å². The van der Waals surface area contributed by atoms with Gasteiger partial charge in [0.1, 0.15) is 0 Å². The van der Waals surface area contributed by atoms with Crippen LogP contribution in [0, 0.1) is 0 Å². The molecule has 1 aromatic heterocycles. The van der Waals surface area contributed by atoms with E-state index in [0.717, 1.165) is 24.0 Å². The van der Waals surface area contributed by atoms with Crippen molar-refractivity contribution in [1.29, 1.82) is 0 Å². The number of benzene rings is 2. The van der Waals surface area contributed by atoms with Crippen LogP contribution in [0.15, 0.2) is 53.3 Å². The molecule has 2 heterocycles. The molecule has 3 aromatic rings. The van der Waals surface area contributed by atoms with Crippen LogP contribution in [0.4, 0.5) is 13.2 Å². The fourth-order valence-corrected chi connectivity index (χ4v) is 3.13. The summed E-state index contributed by atoms with van der Waals surface area (Å²) < 4.78 is 31.7. The summed E-state index contributed by atoms with van der Waals surface area (Å²) in [6.07, 6.45) is -5.08. The highest BCUT2D eigenvalue weighted by molar-refractivity contribution is 6.05. The number of aliphatic carboxylic acids is 1. The number of para-hydroxylation sites is 1. The number of carboxylic acids is 1. The SMILES string of the molecule is O=C(NCc1ccc2c(c1)CNC2)c1cc(=O)[nH]c2ccccc12.O=C(O)C(F)(F)F. The van der Waals surface area contributed by atoms with Crippen molar-refractivity contribution in [2.24, 2.45) is 0 Å². The van der Waals surface area contributed by atoms with Crippen LogP contribution < -0.4 is 16.2 Å². The first-order chi connectivity index (χ1) is 14.6. The third-order valence-electron chi connectivity index (χ3n) is 4.59. The molecule has 1 aliphatic heterocycles. The Morgan fingerprint density at radius 3 is 2.42 bits per heavy atom. The van der Waals surface area contributed by atoms with Gasteiger partial charge in [0.2, 0.25) is 5.56 Å². The van der Waals surface area contributed by atoms with E-state index >= 15 is 0 Å². The normalized spacial score (nSPS) is 12.6. The number of carbonyl (C=O) groups excluding carboxylic acids is 1. The van der Waals surface area contributed by atoms with Gasteiger partial charge >= 0.3 is 12.1 Å². The fraction of sp³-hybridized carbons (Fsp3) is 0.190. The van der Waals surface area contributed by atoms with Gasteiger partial charge in [-0.1, -0.05) is 36.4 Å². The molecule has 4 rings (SSSR count). The van der Waals surface area contributed by atoms with Gasteiger partial charge in [-0.05, 0) is 22.8 Å². The Kier molecular flexibility index (Phi) is 6.40. The molecule has 162 valence electrons. The van der Waals surface area contributed by atoms with E-state index in [1.165, 1.54) is 17.2 Å². The average Bonchev–Trinajstić information content (AvgIpc) is 3.19. The lowest BCUT2D eigenvalue weighted by Gasteiger charge is -2.09. The third kappa shape index (κ3) is 5.48. The number of fused-ring (bicyclic) bond motifs is 2. The second-order valence-corrected chi connectivity index (χ2v) is 6.79. The van der Waals surface area contributed by atoms with Gasteiger partial charge in [0.15, 0.2) is 0 Å². The minimum Gasteiger partial charge on any atom is -0.475 e. The topological polar surface area (TPSA) is 111 Å². The van der Waals surface area contributed by atoms with Crippen LogP contribution in [-0.2, 0) is 24.4 Å². The van der Waals surface area contributed by atoms with Gasteiger partial charge in [0.05, 0.1) is 5.56 Å². The molecule has 1 amide bonds. The van der Waals surface area contributed by atoms with E-state index in [0.29, 0.717) is 17.6 Å². The van der Waals surface area contributed by atoms with E-state index in [1.54, 1.807) is 6.07 Å². The predicted molar refractivity (Wildman–Crippen MR) is 106 cm³/mol. The van der Waals surface area contributed by atoms with Crippen LogP contribution in [0.2, 0.25) is 0 Å². The van der Waals surface area contributed by atoms with Gasteiger partial charge in [-0.25, -0.2) is 4.79 Å². The van der Waals surface area contributed by atoms with E-state index in [-0.39, 0.29) is 11.5 Å². The smallest absolute Gasteiger partial charge is 0.475 e. The van der Waals surface area contributed by atoms with Crippen molar-refractivity contribution in [3.05, 3.63) is 81.1 Å². The molecule has 0 bridgehead atoms. The summed E-state index contributed by atoms with van der Waals surface area (Å²) in [4.78, 5) is 36.0. The molecule has 0 aliphatic carbocycles. The predicted octanol–water partition coefficient (Wildman–Crippen LogP) is 2.69. The van der Waals surface area contributed by atoms with E-state index < -0.39 is 12.1 Å². The Labute approximate surface area is 173 Å². The molecule has 0 saturated carbocycles. The van der Waals surface area contributed by atoms with Crippen molar-refractivity contribution in [3.8, 4) is 0 Å². The molecule has 0 unspecified atom stereocenters. The van der Waals surface area contributed by atoms with Crippen molar-refractivity contribution in [1.82, 2.24) is 15.6 Å². The van der Waals surface area contributed by atoms with E-state index in [9.17, 15) is 22.8 Å². The molecule has 2 aromatic carbocycles. The van der Waals surface area contributed by atoms with Crippen molar-refractivity contribution in [3.63, 3.8) is 0 Å². The number of H-pyrrole nitrogens is 1. The maximum absolute atomic E-state index is 12.5. The minimum absolute atomic E-state index is 0.240. The van der Waals surface area contributed by atoms with Crippen molar-refractivity contribution in [2.45, 2.75) is 25.8 Å². The third-order valence-corrected chi connectivity index (χ3v) is 4.59. The quantitative estimate of drug-likeness (QED) is 0.508. The van der Waals surface area contributed by atoms with Crippen LogP contribution in [-0.4, -0.2) is 28.1 Å². The van der Waals surface area contributed by atoms with E-state index in [2.05, 4.69) is 27.8 Å². The van der Waals surface area contributed by atoms with Crippen LogP contribution >= 0.6 is 0 Å². The number of rotatable bonds is 3. The zero-order valence-electron chi connectivity index (χ0n) is 16.0. The number of amides is 1. The molecule has 1 aliphatic rings. The monoisotopic (exact) mass is 433 g/mol. The molecule has 0 radical (unpaired) electrons. The first-order valence-electron chi connectivity index (χ1n) is 9.17. The molecule has 31 heavy (non-hydrogen) atoms. The summed E-state index contributed by atoms with van der Waals surface area (Å²) in [5.41, 5.74) is 4.44. The van der Waals surface area contributed by atoms with Crippen LogP contribution in [0.25, 0.3) is 10.9 Å². The van der Waals surface area contributed by atoms with Gasteiger partial charge in [-0.3, -0.25) is 9.59 Å². The molecule has 7 nitrogen and oxygen atoms in total. The highest BCUT2D eigenvalue weighted by Gasteiger charge is 2.38. The summed E-state index contributed by atoms with van der Waals surface area (Å²) >= 11 is 0. The summed E-state index contributed by atoms with van der Waals surface area (Å²) in [7, 11) is 0. The fourth-order valence-electron chi connectivity index (χ4n) is 3.13. The zero-order chi connectivity index (χ0) is 22.6. The molecular weight excluding hydrogens is 415 g/mol. The average molecular weight is 433 g/mol. The Morgan fingerprint density at radius 1 is 1.03 bits per heavy atom. The van der Waals surface area contributed by atoms with Crippen LogP contribution in [0.1, 0.15) is 27.0 Å². The number of carbonyl (C=O) groups is 2. The largest absolute Gasteiger partial charge is 0.490 e. The van der Waals surface area contributed by atoms with Gasteiger partial charge in [-0.15, -0.1) is 0 Å². The standard InChI is InChI=1S/C19H17N3O2.C2HF3O2/c23-18-8-16(15-3-1-2-4-17(15)22-18)19(24)21-9-12-5-6-13-10-20-11-14(13)7-12;3-2(4,5)1(6)7/h1-8,20H,9-11H2,(H,21,24)(H,22,23);(H,6,7). The summed E-state index contributed by atoms with van der Waals surface area (Å²) in [6, 6.07) is 14.9. The second-order valence-electron chi connectivity index (χ2n) is 6.79. The Hall–Kier alpha value is -3.66. The first-order valence-corrected chi connectivity index (χ1v) is 9.17. The van der Waals surface area contributed by atoms with Crippen LogP contribution in [0.5, 0.6) is 0 Å². The number of hydrogen-bond acceptors (Lipinski definition) is 4. The highest BCUT2D eigenvalue weighted by atomic mass is 19.4. The lowest BCUT2D eigenvalue weighted by atomic mass is 10.1. The zero-order valence-corrected chi connectivity index (χ0v) is 16.0. The number of hydrogen-bond donors (Lipinski definition) is 4. The maximum atomic E-state index is 12.5. The molecule has 0 spiro atoms. The number of alkyl halides is 3. The Balaban J connectivity index is 0.000000339. The number of nitrogens with one attached hydrogen (secondary N) is 3. The molecular formula is C21H18F3N3O4. The molecule has 0 atom stereocenters. The lowest BCUT2D eigenvalue weighted by molar-refractivity contribution is -0.192. The molecule has 4 N–H and O–H groups in total. The summed E-state index contributed by atoms with van der Waals surface area (Å²) in [5.74, 6) is -3.00. The number of carboxylic acid groups (broad SMARTS) is 1. The second kappa shape index (κ2) is 9.00. The van der Waals surface area contributed by atoms with Gasteiger partial charge in [-0.2, -0.15) is 13.2 Å². The minimum atomic E-state index is -5.08. The Morgan fingerprint density at radius 2 is 1.71 bits per heavy atom. The van der Waals surface area contributed by atoms with Gasteiger partial charge in [0, 0.05) is 36.6 Å². The van der Waals surface area contributed by atoms with E-state index in [4.69, 9.17) is 9.90 Å². The highest BCUT2D eigenvalue weighted by Crippen LogP contribution is 2.18. The van der Waals surface area contributed by atoms with Crippen molar-refractivity contribution < 1.29 is 27.9 Å². The van der Waals surface area contributed by atoms with Crippen molar-refractivity contribution in [2.75, 3.05) is 0 Å². The van der Waals surface area contributed by atoms with Crippen molar-refractivity contribution >= 4 is 22.8 Å². The number of halogens is 3. The Bertz CT molecular complexity index is 1190. The number of aromatic nitrogens is 1. The summed E-state index contributed by atoms with van der Waals surface area (Å²) in [6.45, 7) is 2.21. The molecule has 0 fully saturated rings. The lowest BCUT2D eigenvalue weighted by Crippen LogP contribution is -2.24. The number of aromatic amines is 1.